The van der Waals surface area contributed by atoms with Gasteiger partial charge in [0.25, 0.3) is 10.0 Å². The van der Waals surface area contributed by atoms with Crippen molar-refractivity contribution >= 4 is 33.2 Å². The minimum Gasteiger partial charge on any atom is -0.493 e. The number of ether oxygens (including phenoxy) is 2. The number of amides is 1. The normalized spacial score (nSPS) is 14.9. The molecule has 1 saturated heterocycles. The van der Waals surface area contributed by atoms with Crippen LogP contribution in [0.5, 0.6) is 11.5 Å². The summed E-state index contributed by atoms with van der Waals surface area (Å²) in [6.07, 6.45) is 1.82. The number of rotatable bonds is 7. The minimum atomic E-state index is -4.06. The molecule has 0 N–H and O–H groups in total. The van der Waals surface area contributed by atoms with E-state index in [0.29, 0.717) is 35.5 Å². The number of benzene rings is 2. The number of carbonyl (C=O) groups is 1. The lowest BCUT2D eigenvalue weighted by atomic mass is 9.99. The average Bonchev–Trinajstić information content (AvgIpc) is 2.77. The molecule has 0 saturated carbocycles. The van der Waals surface area contributed by atoms with E-state index in [-0.39, 0.29) is 23.1 Å². The van der Waals surface area contributed by atoms with Gasteiger partial charge in [-0.05, 0) is 55.2 Å². The molecule has 1 fully saturated rings. The number of hydrogen-bond acceptors (Lipinski definition) is 5. The lowest BCUT2D eigenvalue weighted by molar-refractivity contribution is -0.130. The fraction of sp³-hybridized carbons (Fsp3) is 0.409. The fourth-order valence-corrected chi connectivity index (χ4v) is 5.06. The number of carbonyl (C=O) groups excluding carboxylic acids is 1. The summed E-state index contributed by atoms with van der Waals surface area (Å²) in [5, 5.41) is 0.476. The Hall–Kier alpha value is -2.45. The van der Waals surface area contributed by atoms with E-state index in [1.54, 1.807) is 29.2 Å². The number of nitrogens with zero attached hydrogens (tertiary/aromatic N) is 2. The van der Waals surface area contributed by atoms with Crippen LogP contribution in [0.25, 0.3) is 0 Å². The first-order valence-corrected chi connectivity index (χ1v) is 11.9. The van der Waals surface area contributed by atoms with Crippen molar-refractivity contribution in [2.75, 3.05) is 38.2 Å². The molecule has 2 aromatic carbocycles. The molecule has 0 aliphatic carbocycles. The van der Waals surface area contributed by atoms with Gasteiger partial charge in [0.15, 0.2) is 11.5 Å². The summed E-state index contributed by atoms with van der Waals surface area (Å²) < 4.78 is 38.7. The Morgan fingerprint density at radius 2 is 1.68 bits per heavy atom. The molecule has 0 radical (unpaired) electrons. The molecule has 9 heteroatoms. The predicted octanol–water partition coefficient (Wildman–Crippen LogP) is 3.81. The second-order valence-electron chi connectivity index (χ2n) is 7.57. The molecular weight excluding hydrogens is 440 g/mol. The van der Waals surface area contributed by atoms with Gasteiger partial charge in [-0.25, -0.2) is 8.42 Å². The second kappa shape index (κ2) is 9.78. The standard InChI is InChI=1S/C22H27ClN2O5S/c1-16-10-12-24(13-11-16)22(26)15-25(18-6-4-17(23)5-7-18)31(27,28)19-8-9-20(29-2)21(14-19)30-3/h4-9,14,16H,10-13,15H2,1-3H3. The van der Waals surface area contributed by atoms with Crippen molar-refractivity contribution in [1.29, 1.82) is 0 Å². The van der Waals surface area contributed by atoms with Crippen molar-refractivity contribution in [1.82, 2.24) is 4.90 Å². The number of halogens is 1. The Kier molecular flexibility index (Phi) is 7.33. The molecule has 1 heterocycles. The van der Waals surface area contributed by atoms with Crippen LogP contribution in [-0.2, 0) is 14.8 Å². The Balaban J connectivity index is 1.97. The first kappa shape index (κ1) is 23.2. The number of likely N-dealkylation sites (tertiary alicyclic amines) is 1. The van der Waals surface area contributed by atoms with Crippen LogP contribution >= 0.6 is 11.6 Å². The van der Waals surface area contributed by atoms with Crippen LogP contribution in [-0.4, -0.2) is 53.1 Å². The zero-order valence-electron chi connectivity index (χ0n) is 17.9. The highest BCUT2D eigenvalue weighted by Gasteiger charge is 2.30. The zero-order valence-corrected chi connectivity index (χ0v) is 19.4. The van der Waals surface area contributed by atoms with Gasteiger partial charge in [-0.15, -0.1) is 0 Å². The third kappa shape index (κ3) is 5.25. The molecule has 0 aromatic heterocycles. The summed E-state index contributed by atoms with van der Waals surface area (Å²) in [7, 11) is -1.15. The summed E-state index contributed by atoms with van der Waals surface area (Å²) in [5.41, 5.74) is 0.359. The van der Waals surface area contributed by atoms with E-state index in [1.165, 1.54) is 32.4 Å². The molecule has 31 heavy (non-hydrogen) atoms. The minimum absolute atomic E-state index is 0.000154. The van der Waals surface area contributed by atoms with Crippen molar-refractivity contribution in [2.24, 2.45) is 5.92 Å². The van der Waals surface area contributed by atoms with Gasteiger partial charge in [-0.1, -0.05) is 18.5 Å². The van der Waals surface area contributed by atoms with Gasteiger partial charge in [0.1, 0.15) is 6.54 Å². The van der Waals surface area contributed by atoms with Gasteiger partial charge >= 0.3 is 0 Å². The van der Waals surface area contributed by atoms with E-state index >= 15 is 0 Å². The maximum Gasteiger partial charge on any atom is 0.264 e. The molecule has 1 aliphatic heterocycles. The molecule has 168 valence electrons. The predicted molar refractivity (Wildman–Crippen MR) is 121 cm³/mol. The largest absolute Gasteiger partial charge is 0.493 e. The summed E-state index contributed by atoms with van der Waals surface area (Å²) in [5.74, 6) is 1.03. The van der Waals surface area contributed by atoms with Gasteiger partial charge in [-0.2, -0.15) is 0 Å². The monoisotopic (exact) mass is 466 g/mol. The maximum absolute atomic E-state index is 13.6. The van der Waals surface area contributed by atoms with E-state index in [4.69, 9.17) is 21.1 Å². The van der Waals surface area contributed by atoms with Crippen molar-refractivity contribution in [3.8, 4) is 11.5 Å². The van der Waals surface area contributed by atoms with Crippen LogP contribution in [0.15, 0.2) is 47.4 Å². The zero-order chi connectivity index (χ0) is 22.6. The molecular formula is C22H27ClN2O5S. The Labute approximate surface area is 188 Å². The molecule has 3 rings (SSSR count). The third-order valence-electron chi connectivity index (χ3n) is 5.47. The van der Waals surface area contributed by atoms with Gasteiger partial charge in [-0.3, -0.25) is 9.10 Å². The second-order valence-corrected chi connectivity index (χ2v) is 9.87. The van der Waals surface area contributed by atoms with Crippen molar-refractivity contribution in [3.05, 3.63) is 47.5 Å². The van der Waals surface area contributed by atoms with Crippen LogP contribution in [0.1, 0.15) is 19.8 Å². The first-order chi connectivity index (χ1) is 14.8. The molecule has 0 atom stereocenters. The number of piperidine rings is 1. The molecule has 0 spiro atoms. The highest BCUT2D eigenvalue weighted by molar-refractivity contribution is 7.92. The number of sulfonamides is 1. The van der Waals surface area contributed by atoms with E-state index in [9.17, 15) is 13.2 Å². The Morgan fingerprint density at radius 3 is 2.26 bits per heavy atom. The van der Waals surface area contributed by atoms with Crippen LogP contribution in [0.2, 0.25) is 5.02 Å². The molecule has 0 bridgehead atoms. The Bertz CT molecular complexity index is 1020. The Morgan fingerprint density at radius 1 is 1.06 bits per heavy atom. The highest BCUT2D eigenvalue weighted by Crippen LogP contribution is 2.32. The lowest BCUT2D eigenvalue weighted by Gasteiger charge is -2.32. The van der Waals surface area contributed by atoms with E-state index in [2.05, 4.69) is 6.92 Å². The third-order valence-corrected chi connectivity index (χ3v) is 7.49. The van der Waals surface area contributed by atoms with Crippen molar-refractivity contribution < 1.29 is 22.7 Å². The van der Waals surface area contributed by atoms with Gasteiger partial charge in [0.05, 0.1) is 24.8 Å². The van der Waals surface area contributed by atoms with E-state index < -0.39 is 10.0 Å². The molecule has 2 aromatic rings. The average molecular weight is 467 g/mol. The highest BCUT2D eigenvalue weighted by atomic mass is 35.5. The van der Waals surface area contributed by atoms with Crippen LogP contribution < -0.4 is 13.8 Å². The van der Waals surface area contributed by atoms with Crippen LogP contribution in [0, 0.1) is 5.92 Å². The van der Waals surface area contributed by atoms with Gasteiger partial charge in [0.2, 0.25) is 5.91 Å². The summed E-state index contributed by atoms with van der Waals surface area (Å²) in [6.45, 7) is 3.12. The van der Waals surface area contributed by atoms with E-state index in [0.717, 1.165) is 17.1 Å². The summed E-state index contributed by atoms with van der Waals surface area (Å²) in [6, 6.07) is 10.7. The van der Waals surface area contributed by atoms with Crippen LogP contribution in [0.4, 0.5) is 5.69 Å². The molecule has 1 amide bonds. The van der Waals surface area contributed by atoms with E-state index in [1.807, 2.05) is 0 Å². The molecule has 0 unspecified atom stereocenters. The number of methoxy groups -OCH3 is 2. The lowest BCUT2D eigenvalue weighted by Crippen LogP contribution is -2.45. The number of anilines is 1. The molecule has 1 aliphatic rings. The van der Waals surface area contributed by atoms with Gasteiger partial charge in [0, 0.05) is 24.2 Å². The maximum atomic E-state index is 13.6. The van der Waals surface area contributed by atoms with Crippen molar-refractivity contribution in [3.63, 3.8) is 0 Å². The number of hydrogen-bond donors (Lipinski definition) is 0. The summed E-state index contributed by atoms with van der Waals surface area (Å²) in [4.78, 5) is 14.7. The topological polar surface area (TPSA) is 76.2 Å². The van der Waals surface area contributed by atoms with Crippen LogP contribution in [0.3, 0.4) is 0 Å². The van der Waals surface area contributed by atoms with Crippen molar-refractivity contribution in [2.45, 2.75) is 24.7 Å². The van der Waals surface area contributed by atoms with Gasteiger partial charge < -0.3 is 14.4 Å². The SMILES string of the molecule is COc1ccc(S(=O)(=O)N(CC(=O)N2CCC(C)CC2)c2ccc(Cl)cc2)cc1OC. The molecule has 7 nitrogen and oxygen atoms in total. The smallest absolute Gasteiger partial charge is 0.264 e. The summed E-state index contributed by atoms with van der Waals surface area (Å²) >= 11 is 5.99. The first-order valence-electron chi connectivity index (χ1n) is 10.0. The fourth-order valence-electron chi connectivity index (χ4n) is 3.51. The quantitative estimate of drug-likeness (QED) is 0.620.